The molecule has 1 aromatic rings. The molecule has 0 aromatic carbocycles. The first-order chi connectivity index (χ1) is 8.69. The highest BCUT2D eigenvalue weighted by molar-refractivity contribution is 5.16. The zero-order valence-corrected chi connectivity index (χ0v) is 11.5. The molecule has 0 aliphatic carbocycles. The van der Waals surface area contributed by atoms with Gasteiger partial charge in [0, 0.05) is 38.4 Å². The fourth-order valence-electron chi connectivity index (χ4n) is 2.63. The van der Waals surface area contributed by atoms with Gasteiger partial charge in [-0.2, -0.15) is 0 Å². The molecule has 1 saturated heterocycles. The molecule has 4 nitrogen and oxygen atoms in total. The lowest BCUT2D eigenvalue weighted by molar-refractivity contribution is 0.194. The number of likely N-dealkylation sites (N-methyl/N-ethyl adjacent to an activating group) is 1. The molecular weight excluding hydrogens is 224 g/mol. The van der Waals surface area contributed by atoms with Gasteiger partial charge in [-0.05, 0) is 44.6 Å². The van der Waals surface area contributed by atoms with Crippen molar-refractivity contribution in [2.45, 2.75) is 32.5 Å². The maximum atomic E-state index is 5.64. The van der Waals surface area contributed by atoms with Crippen LogP contribution in [0.3, 0.4) is 0 Å². The second-order valence-corrected chi connectivity index (χ2v) is 5.29. The lowest BCUT2D eigenvalue weighted by Crippen LogP contribution is -2.37. The molecule has 1 atom stereocenters. The number of nitrogens with two attached hydrogens (primary N) is 1. The molecule has 0 saturated carbocycles. The normalized spacial score (nSPS) is 22.9. The quantitative estimate of drug-likeness (QED) is 0.869. The summed E-state index contributed by atoms with van der Waals surface area (Å²) >= 11 is 0. The molecule has 0 spiro atoms. The van der Waals surface area contributed by atoms with Gasteiger partial charge in [0.1, 0.15) is 0 Å². The molecular formula is C14H24N4. The van der Waals surface area contributed by atoms with Crippen LogP contribution in [0.4, 0.5) is 0 Å². The van der Waals surface area contributed by atoms with Crippen LogP contribution in [-0.2, 0) is 13.1 Å². The van der Waals surface area contributed by atoms with E-state index in [0.29, 0.717) is 12.6 Å². The van der Waals surface area contributed by atoms with Crippen molar-refractivity contribution in [2.24, 2.45) is 5.73 Å². The van der Waals surface area contributed by atoms with Crippen LogP contribution in [0.1, 0.15) is 24.6 Å². The molecule has 1 aromatic heterocycles. The standard InChI is InChI=1S/C14H24N4/c1-12-10-17(2)6-3-7-18(12)11-13-4-5-16-14(8-13)9-15/h4-5,8,12H,3,6-7,9-11,15H2,1-2H3. The minimum atomic E-state index is 0.520. The van der Waals surface area contributed by atoms with E-state index >= 15 is 0 Å². The molecule has 1 aliphatic heterocycles. The van der Waals surface area contributed by atoms with E-state index in [1.807, 2.05) is 6.20 Å². The second kappa shape index (κ2) is 6.27. The van der Waals surface area contributed by atoms with Crippen molar-refractivity contribution in [1.82, 2.24) is 14.8 Å². The molecule has 4 heteroatoms. The minimum absolute atomic E-state index is 0.520. The van der Waals surface area contributed by atoms with E-state index < -0.39 is 0 Å². The first-order valence-corrected chi connectivity index (χ1v) is 6.75. The average Bonchev–Trinajstić information content (AvgIpc) is 2.52. The van der Waals surface area contributed by atoms with E-state index in [9.17, 15) is 0 Å². The van der Waals surface area contributed by atoms with E-state index in [0.717, 1.165) is 18.8 Å². The van der Waals surface area contributed by atoms with Gasteiger partial charge in [0.05, 0.1) is 5.69 Å². The van der Waals surface area contributed by atoms with Crippen molar-refractivity contribution >= 4 is 0 Å². The summed E-state index contributed by atoms with van der Waals surface area (Å²) < 4.78 is 0. The molecule has 0 radical (unpaired) electrons. The van der Waals surface area contributed by atoms with Crippen molar-refractivity contribution in [2.75, 3.05) is 26.7 Å². The molecule has 2 rings (SSSR count). The summed E-state index contributed by atoms with van der Waals surface area (Å²) in [6.45, 7) is 7.36. The molecule has 1 unspecified atom stereocenters. The number of hydrogen-bond donors (Lipinski definition) is 1. The van der Waals surface area contributed by atoms with E-state index in [2.05, 4.69) is 40.9 Å². The number of aromatic nitrogens is 1. The maximum absolute atomic E-state index is 5.64. The van der Waals surface area contributed by atoms with Crippen molar-refractivity contribution in [3.8, 4) is 0 Å². The Morgan fingerprint density at radius 1 is 1.44 bits per heavy atom. The molecule has 0 amide bonds. The minimum Gasteiger partial charge on any atom is -0.325 e. The summed E-state index contributed by atoms with van der Waals surface area (Å²) in [6, 6.07) is 4.83. The fourth-order valence-corrected chi connectivity index (χ4v) is 2.63. The van der Waals surface area contributed by atoms with Crippen LogP contribution in [0.25, 0.3) is 0 Å². The molecule has 2 heterocycles. The van der Waals surface area contributed by atoms with Gasteiger partial charge in [-0.15, -0.1) is 0 Å². The Morgan fingerprint density at radius 3 is 3.06 bits per heavy atom. The summed E-state index contributed by atoms with van der Waals surface area (Å²) in [7, 11) is 2.21. The Labute approximate surface area is 110 Å². The van der Waals surface area contributed by atoms with Gasteiger partial charge in [-0.25, -0.2) is 0 Å². The number of rotatable bonds is 3. The SMILES string of the molecule is CC1CN(C)CCCN1Cc1ccnc(CN)c1. The highest BCUT2D eigenvalue weighted by Gasteiger charge is 2.19. The smallest absolute Gasteiger partial charge is 0.0542 e. The molecule has 2 N–H and O–H groups in total. The van der Waals surface area contributed by atoms with E-state index in [1.54, 1.807) is 0 Å². The number of pyridine rings is 1. The largest absolute Gasteiger partial charge is 0.325 e. The van der Waals surface area contributed by atoms with Crippen LogP contribution >= 0.6 is 0 Å². The van der Waals surface area contributed by atoms with E-state index in [4.69, 9.17) is 5.73 Å². The van der Waals surface area contributed by atoms with Crippen LogP contribution in [0.2, 0.25) is 0 Å². The monoisotopic (exact) mass is 248 g/mol. The van der Waals surface area contributed by atoms with Gasteiger partial charge >= 0.3 is 0 Å². The van der Waals surface area contributed by atoms with Crippen LogP contribution in [0.5, 0.6) is 0 Å². The summed E-state index contributed by atoms with van der Waals surface area (Å²) in [5, 5.41) is 0. The predicted molar refractivity (Wildman–Crippen MR) is 74.1 cm³/mol. The zero-order valence-electron chi connectivity index (χ0n) is 11.5. The first-order valence-electron chi connectivity index (χ1n) is 6.75. The number of nitrogens with zero attached hydrogens (tertiary/aromatic N) is 3. The molecule has 0 bridgehead atoms. The van der Waals surface area contributed by atoms with Crippen molar-refractivity contribution in [1.29, 1.82) is 0 Å². The third-order valence-electron chi connectivity index (χ3n) is 3.66. The first kappa shape index (κ1) is 13.5. The van der Waals surface area contributed by atoms with Crippen LogP contribution in [-0.4, -0.2) is 47.5 Å². The van der Waals surface area contributed by atoms with Gasteiger partial charge in [0.15, 0.2) is 0 Å². The summed E-state index contributed by atoms with van der Waals surface area (Å²) in [4.78, 5) is 9.22. The fraction of sp³-hybridized carbons (Fsp3) is 0.643. The lowest BCUT2D eigenvalue weighted by Gasteiger charge is -2.27. The summed E-state index contributed by atoms with van der Waals surface area (Å²) in [5.74, 6) is 0. The molecule has 18 heavy (non-hydrogen) atoms. The van der Waals surface area contributed by atoms with Crippen molar-refractivity contribution < 1.29 is 0 Å². The highest BCUT2D eigenvalue weighted by atomic mass is 15.2. The van der Waals surface area contributed by atoms with Gasteiger partial charge in [0.2, 0.25) is 0 Å². The van der Waals surface area contributed by atoms with Crippen LogP contribution in [0, 0.1) is 0 Å². The summed E-state index contributed by atoms with van der Waals surface area (Å²) in [6.07, 6.45) is 3.11. The third kappa shape index (κ3) is 3.51. The lowest BCUT2D eigenvalue weighted by atomic mass is 10.2. The van der Waals surface area contributed by atoms with Crippen LogP contribution in [0.15, 0.2) is 18.3 Å². The Kier molecular flexibility index (Phi) is 4.69. The average molecular weight is 248 g/mol. The zero-order chi connectivity index (χ0) is 13.0. The van der Waals surface area contributed by atoms with E-state index in [-0.39, 0.29) is 0 Å². The Morgan fingerprint density at radius 2 is 2.28 bits per heavy atom. The Bertz CT molecular complexity index is 380. The Hall–Kier alpha value is -0.970. The predicted octanol–water partition coefficient (Wildman–Crippen LogP) is 1.07. The van der Waals surface area contributed by atoms with Crippen molar-refractivity contribution in [3.05, 3.63) is 29.6 Å². The Balaban J connectivity index is 2.02. The van der Waals surface area contributed by atoms with Crippen molar-refractivity contribution in [3.63, 3.8) is 0 Å². The maximum Gasteiger partial charge on any atom is 0.0542 e. The molecule has 1 fully saturated rings. The van der Waals surface area contributed by atoms with Crippen LogP contribution < -0.4 is 5.73 Å². The second-order valence-electron chi connectivity index (χ2n) is 5.29. The third-order valence-corrected chi connectivity index (χ3v) is 3.66. The van der Waals surface area contributed by atoms with Gasteiger partial charge in [0.25, 0.3) is 0 Å². The number of hydrogen-bond acceptors (Lipinski definition) is 4. The topological polar surface area (TPSA) is 45.4 Å². The highest BCUT2D eigenvalue weighted by Crippen LogP contribution is 2.13. The van der Waals surface area contributed by atoms with Gasteiger partial charge in [-0.3, -0.25) is 9.88 Å². The summed E-state index contributed by atoms with van der Waals surface area (Å²) in [5.41, 5.74) is 7.94. The van der Waals surface area contributed by atoms with Gasteiger partial charge in [-0.1, -0.05) is 0 Å². The molecule has 1 aliphatic rings. The van der Waals surface area contributed by atoms with E-state index in [1.165, 1.54) is 25.1 Å². The molecule has 100 valence electrons. The van der Waals surface area contributed by atoms with Gasteiger partial charge < -0.3 is 10.6 Å².